The Morgan fingerprint density at radius 2 is 2.03 bits per heavy atom. The Morgan fingerprint density at radius 3 is 2.85 bits per heavy atom. The first-order valence-electron chi connectivity index (χ1n) is 11.1. The van der Waals surface area contributed by atoms with E-state index in [-0.39, 0.29) is 2.85 Å². The van der Waals surface area contributed by atoms with E-state index in [2.05, 4.69) is 32.8 Å². The van der Waals surface area contributed by atoms with Crippen LogP contribution in [0.2, 0.25) is 0 Å². The summed E-state index contributed by atoms with van der Waals surface area (Å²) in [6.07, 6.45) is 9.04. The van der Waals surface area contributed by atoms with E-state index < -0.39 is 11.6 Å². The van der Waals surface area contributed by atoms with E-state index in [9.17, 15) is 8.78 Å². The quantitative estimate of drug-likeness (QED) is 0.510. The van der Waals surface area contributed by atoms with Crippen LogP contribution in [0.25, 0.3) is 11.0 Å². The number of hydrogen-bond donors (Lipinski definition) is 3. The highest BCUT2D eigenvalue weighted by molar-refractivity contribution is 5.80. The van der Waals surface area contributed by atoms with Gasteiger partial charge in [-0.3, -0.25) is 0 Å². The number of aromatic nitrogens is 2. The molecule has 3 aromatic rings. The first-order chi connectivity index (χ1) is 16.1. The van der Waals surface area contributed by atoms with Crippen LogP contribution in [0.1, 0.15) is 27.3 Å². The minimum atomic E-state index is -0.428. The maximum Gasteiger partial charge on any atom is 0.164 e. The largest absolute Gasteiger partial charge is 0.493 e. The molecule has 0 bridgehead atoms. The number of ether oxygens (including phenoxy) is 2. The Bertz CT molecular complexity index is 1260. The average molecular weight is 457 g/mol. The molecule has 2 aliphatic carbocycles. The summed E-state index contributed by atoms with van der Waals surface area (Å²) in [7, 11) is 1.50. The minimum Gasteiger partial charge on any atom is -0.493 e. The lowest BCUT2D eigenvalue weighted by atomic mass is 10.0. The first-order valence-corrected chi connectivity index (χ1v) is 11.1. The lowest BCUT2D eigenvalue weighted by Gasteiger charge is -2.12. The second-order valence-electron chi connectivity index (χ2n) is 8.29. The summed E-state index contributed by atoms with van der Waals surface area (Å²) in [6.45, 7) is 3.17. The normalized spacial score (nSPS) is 19.8. The zero-order chi connectivity index (χ0) is 22.9. The topological polar surface area (TPSA) is 71.2 Å². The second-order valence-corrected chi connectivity index (χ2v) is 8.29. The van der Waals surface area contributed by atoms with E-state index in [1.165, 1.54) is 37.1 Å². The molecule has 6 nitrogen and oxygen atoms in total. The number of pyridine rings is 1. The Kier molecular flexibility index (Phi) is 5.66. The molecule has 2 unspecified atom stereocenters. The molecular formula is C25H30F2N4O2. The van der Waals surface area contributed by atoms with Gasteiger partial charge in [-0.25, -0.2) is 13.8 Å². The smallest absolute Gasteiger partial charge is 0.164 e. The van der Waals surface area contributed by atoms with Gasteiger partial charge in [0.25, 0.3) is 0 Å². The van der Waals surface area contributed by atoms with Gasteiger partial charge in [0, 0.05) is 38.5 Å². The molecule has 3 N–H and O–H groups in total. The van der Waals surface area contributed by atoms with Gasteiger partial charge in [-0.2, -0.15) is 0 Å². The Labute approximate surface area is 193 Å². The molecule has 1 saturated carbocycles. The van der Waals surface area contributed by atoms with Crippen LogP contribution < -0.4 is 20.1 Å². The fourth-order valence-electron chi connectivity index (χ4n) is 4.41. The maximum absolute atomic E-state index is 14.3. The molecule has 176 valence electrons. The number of methoxy groups -OCH3 is 1. The molecule has 0 spiro atoms. The molecule has 2 atom stereocenters. The summed E-state index contributed by atoms with van der Waals surface area (Å²) in [5.74, 6) is 1.72. The Balaban J connectivity index is 0.000000237. The monoisotopic (exact) mass is 456 g/mol. The predicted octanol–water partition coefficient (Wildman–Crippen LogP) is 4.89. The van der Waals surface area contributed by atoms with Crippen LogP contribution in [-0.4, -0.2) is 30.4 Å². The molecule has 2 aromatic heterocycles. The van der Waals surface area contributed by atoms with Gasteiger partial charge in [-0.15, -0.1) is 0 Å². The highest BCUT2D eigenvalue weighted by atomic mass is 19.1. The number of hydrogen-bond acceptors (Lipinski definition) is 5. The van der Waals surface area contributed by atoms with E-state index in [0.29, 0.717) is 41.1 Å². The maximum atomic E-state index is 14.3. The molecular weight excluding hydrogens is 426 g/mol. The van der Waals surface area contributed by atoms with Gasteiger partial charge in [0.15, 0.2) is 11.5 Å². The van der Waals surface area contributed by atoms with Crippen LogP contribution in [0.3, 0.4) is 0 Å². The fourth-order valence-corrected chi connectivity index (χ4v) is 4.41. The van der Waals surface area contributed by atoms with Crippen LogP contribution >= 0.6 is 0 Å². The predicted molar refractivity (Wildman–Crippen MR) is 126 cm³/mol. The fraction of sp³-hybridized carbons (Fsp3) is 0.320. The Morgan fingerprint density at radius 1 is 1.15 bits per heavy atom. The third kappa shape index (κ3) is 4.25. The molecule has 3 aliphatic rings. The van der Waals surface area contributed by atoms with Crippen molar-refractivity contribution in [1.82, 2.24) is 20.6 Å². The van der Waals surface area contributed by atoms with Gasteiger partial charge >= 0.3 is 0 Å². The lowest BCUT2D eigenvalue weighted by Crippen LogP contribution is -2.15. The van der Waals surface area contributed by atoms with Crippen LogP contribution in [0.5, 0.6) is 11.5 Å². The van der Waals surface area contributed by atoms with Crippen molar-refractivity contribution in [2.24, 2.45) is 11.8 Å². The molecule has 0 amide bonds. The van der Waals surface area contributed by atoms with Crippen molar-refractivity contribution in [2.45, 2.75) is 19.8 Å². The van der Waals surface area contributed by atoms with Crippen LogP contribution in [-0.2, 0) is 6.42 Å². The van der Waals surface area contributed by atoms with Crippen molar-refractivity contribution in [3.8, 4) is 11.5 Å². The molecule has 0 radical (unpaired) electrons. The van der Waals surface area contributed by atoms with Gasteiger partial charge in [-0.05, 0) is 48.6 Å². The van der Waals surface area contributed by atoms with Crippen molar-refractivity contribution in [3.63, 3.8) is 0 Å². The molecule has 8 heteroatoms. The van der Waals surface area contributed by atoms with Gasteiger partial charge in [0.2, 0.25) is 0 Å². The van der Waals surface area contributed by atoms with E-state index in [1.54, 1.807) is 12.3 Å². The number of allylic oxidation sites excluding steroid dienone is 3. The van der Waals surface area contributed by atoms with Crippen LogP contribution in [0.4, 0.5) is 8.78 Å². The summed E-state index contributed by atoms with van der Waals surface area (Å²) in [4.78, 5) is 6.93. The number of halogens is 2. The summed E-state index contributed by atoms with van der Waals surface area (Å²) >= 11 is 0. The molecule has 0 saturated heterocycles. The van der Waals surface area contributed by atoms with Crippen molar-refractivity contribution >= 4 is 11.0 Å². The summed E-state index contributed by atoms with van der Waals surface area (Å²) in [6, 6.07) is 4.30. The van der Waals surface area contributed by atoms with E-state index >= 15 is 0 Å². The summed E-state index contributed by atoms with van der Waals surface area (Å²) in [5.41, 5.74) is 4.57. The molecule has 1 fully saturated rings. The van der Waals surface area contributed by atoms with Crippen molar-refractivity contribution in [2.75, 3.05) is 20.4 Å². The Hall–Kier alpha value is -3.55. The van der Waals surface area contributed by atoms with E-state index in [1.807, 2.05) is 6.92 Å². The molecule has 6 rings (SSSR count). The number of aromatic amines is 1. The lowest BCUT2D eigenvalue weighted by molar-refractivity contribution is 0.308. The third-order valence-electron chi connectivity index (χ3n) is 6.17. The molecule has 1 aromatic carbocycles. The summed E-state index contributed by atoms with van der Waals surface area (Å²) in [5, 5.41) is 7.30. The molecule has 1 aliphatic heterocycles. The third-order valence-corrected chi connectivity index (χ3v) is 6.17. The SMILES string of the molecule is C1=CC2CC2C2=C1NCN2.CCOc1cc(F)c(Cc2c[nH]c3ncc(F)cc23)cc1OC.[HH].[HH]. The molecule has 3 heterocycles. The number of H-pyrrole nitrogens is 1. The van der Waals surface area contributed by atoms with Crippen molar-refractivity contribution < 1.29 is 21.1 Å². The zero-order valence-electron chi connectivity index (χ0n) is 18.5. The zero-order valence-corrected chi connectivity index (χ0v) is 18.5. The minimum absolute atomic E-state index is 0. The first kappa shape index (κ1) is 21.3. The van der Waals surface area contributed by atoms with Crippen LogP contribution in [0.15, 0.2) is 54.1 Å². The number of fused-ring (bicyclic) bond motifs is 3. The van der Waals surface area contributed by atoms with Crippen molar-refractivity contribution in [1.29, 1.82) is 0 Å². The van der Waals surface area contributed by atoms with Crippen molar-refractivity contribution in [3.05, 3.63) is 76.9 Å². The van der Waals surface area contributed by atoms with Crippen LogP contribution in [0, 0.1) is 23.5 Å². The van der Waals surface area contributed by atoms with Gasteiger partial charge in [-0.1, -0.05) is 6.08 Å². The number of benzene rings is 1. The number of nitrogens with zero attached hydrogens (tertiary/aromatic N) is 1. The van der Waals surface area contributed by atoms with Gasteiger partial charge < -0.3 is 25.1 Å². The second kappa shape index (κ2) is 8.77. The van der Waals surface area contributed by atoms with E-state index in [0.717, 1.165) is 30.3 Å². The van der Waals surface area contributed by atoms with Gasteiger partial charge in [0.05, 0.1) is 32.3 Å². The number of nitrogens with one attached hydrogen (secondary N) is 3. The average Bonchev–Trinajstić information content (AvgIpc) is 3.27. The van der Waals surface area contributed by atoms with Gasteiger partial charge in [0.1, 0.15) is 17.3 Å². The highest BCUT2D eigenvalue weighted by Crippen LogP contribution is 2.48. The van der Waals surface area contributed by atoms with E-state index in [4.69, 9.17) is 9.47 Å². The highest BCUT2D eigenvalue weighted by Gasteiger charge is 2.42. The molecule has 33 heavy (non-hydrogen) atoms. The number of rotatable bonds is 5. The standard InChI is InChI=1S/C17H16F2N2O2.C8H10N2.2H2/c1-3-23-16-7-14(19)10(5-15(16)22-2)4-11-8-20-17-13(11)6-12(18)9-21-17;1-2-7-8(10-4-9-7)6-3-5(1)6;;/h5-9H,3-4H2,1-2H3,(H,20,21);1-2,5-6,9-10H,3-4H2;2*1H. The summed E-state index contributed by atoms with van der Waals surface area (Å²) < 4.78 is 38.3.